The predicted molar refractivity (Wildman–Crippen MR) is 84.9 cm³/mol. The van der Waals surface area contributed by atoms with E-state index >= 15 is 0 Å². The maximum absolute atomic E-state index is 11.2. The molecule has 2 aromatic rings. The number of ether oxygens (including phenoxy) is 1. The van der Waals surface area contributed by atoms with Crippen molar-refractivity contribution in [2.75, 3.05) is 0 Å². The molecule has 4 nitrogen and oxygen atoms in total. The molecule has 0 aromatic heterocycles. The summed E-state index contributed by atoms with van der Waals surface area (Å²) in [6, 6.07) is 17.7. The summed E-state index contributed by atoms with van der Waals surface area (Å²) in [7, 11) is 0. The van der Waals surface area contributed by atoms with E-state index in [1.165, 1.54) is 0 Å². The minimum atomic E-state index is -0.384. The molecule has 116 valence electrons. The van der Waals surface area contributed by atoms with Gasteiger partial charge in [-0.3, -0.25) is 10.0 Å². The smallest absolute Gasteiger partial charge is 0.486 e. The maximum atomic E-state index is 11.2. The molecular weight excluding hydrogens is 301 g/mol. The van der Waals surface area contributed by atoms with Gasteiger partial charge < -0.3 is 4.74 Å². The molecule has 2 unspecified atom stereocenters. The van der Waals surface area contributed by atoms with Crippen molar-refractivity contribution in [1.82, 2.24) is 5.48 Å². The zero-order chi connectivity index (χ0) is 15.9. The number of amides is 1. The molecule has 2 atom stereocenters. The van der Waals surface area contributed by atoms with Crippen molar-refractivity contribution in [2.45, 2.75) is 32.3 Å². The maximum Gasteiger partial charge on any atom is 1.00 e. The zero-order valence-corrected chi connectivity index (χ0v) is 15.8. The number of rotatable bonds is 6. The second kappa shape index (κ2) is 9.73. The molecule has 0 saturated heterocycles. The van der Waals surface area contributed by atoms with Crippen LogP contribution in [0.4, 0.5) is 0 Å². The fraction of sp³-hybridized carbons (Fsp3) is 0.278. The van der Waals surface area contributed by atoms with Crippen molar-refractivity contribution in [3.8, 4) is 5.75 Å². The molecule has 0 bridgehead atoms. The summed E-state index contributed by atoms with van der Waals surface area (Å²) in [5.41, 5.74) is 3.81. The molecule has 0 spiro atoms. The molecule has 2 aromatic carbocycles. The van der Waals surface area contributed by atoms with Crippen LogP contribution in [0.1, 0.15) is 43.4 Å². The molecule has 0 heterocycles. The van der Waals surface area contributed by atoms with E-state index in [9.17, 15) is 4.79 Å². The molecule has 2 rings (SSSR count). The van der Waals surface area contributed by atoms with Crippen LogP contribution in [0.3, 0.4) is 0 Å². The Labute approximate surface area is 159 Å². The van der Waals surface area contributed by atoms with Gasteiger partial charge in [0.1, 0.15) is 11.9 Å². The summed E-state index contributed by atoms with van der Waals surface area (Å²) >= 11 is 0. The second-order valence-corrected chi connectivity index (χ2v) is 5.38. The first kappa shape index (κ1) is 19.7. The van der Waals surface area contributed by atoms with Gasteiger partial charge in [-0.05, 0) is 36.1 Å². The fourth-order valence-electron chi connectivity index (χ4n) is 2.31. The van der Waals surface area contributed by atoms with E-state index in [1.807, 2.05) is 68.4 Å². The minimum absolute atomic E-state index is 0. The molecule has 0 aliphatic rings. The Morgan fingerprint density at radius 3 is 2.22 bits per heavy atom. The van der Waals surface area contributed by atoms with Crippen LogP contribution in [0.15, 0.2) is 54.6 Å². The normalized spacial score (nSPS) is 12.7. The Morgan fingerprint density at radius 2 is 1.65 bits per heavy atom. The van der Waals surface area contributed by atoms with Gasteiger partial charge in [0, 0.05) is 6.42 Å². The third-order valence-electron chi connectivity index (χ3n) is 3.65. The van der Waals surface area contributed by atoms with E-state index in [2.05, 4.69) is 0 Å². The molecule has 0 saturated carbocycles. The van der Waals surface area contributed by atoms with Gasteiger partial charge in [-0.25, -0.2) is 5.48 Å². The Hall–Kier alpha value is -1.33. The van der Waals surface area contributed by atoms with Gasteiger partial charge in [0.2, 0.25) is 5.91 Å². The van der Waals surface area contributed by atoms with Crippen molar-refractivity contribution in [2.24, 2.45) is 0 Å². The number of benzene rings is 2. The monoisotopic (exact) mass is 322 g/mol. The van der Waals surface area contributed by atoms with Crippen LogP contribution in [-0.4, -0.2) is 11.1 Å². The minimum Gasteiger partial charge on any atom is -0.486 e. The Bertz CT molecular complexity index is 601. The second-order valence-electron chi connectivity index (χ2n) is 5.38. The summed E-state index contributed by atoms with van der Waals surface area (Å²) in [6.07, 6.45) is 0.224. The van der Waals surface area contributed by atoms with E-state index in [0.717, 1.165) is 16.9 Å². The SMILES string of the molecule is CC(CC(=O)NO)c1ccc(OC(C)c2ccccc2)cc1.[Na+]. The van der Waals surface area contributed by atoms with Crippen molar-refractivity contribution in [3.63, 3.8) is 0 Å². The summed E-state index contributed by atoms with van der Waals surface area (Å²) in [5, 5.41) is 8.56. The van der Waals surface area contributed by atoms with Crippen molar-refractivity contribution in [3.05, 3.63) is 65.7 Å². The Kier molecular flexibility index (Phi) is 8.34. The number of nitrogens with one attached hydrogen (secondary N) is 1. The molecular formula is C18H21NNaO3+. The number of hydroxylamine groups is 1. The van der Waals surface area contributed by atoms with E-state index in [1.54, 1.807) is 5.48 Å². The first-order chi connectivity index (χ1) is 10.6. The third-order valence-corrected chi connectivity index (χ3v) is 3.65. The van der Waals surface area contributed by atoms with Crippen LogP contribution >= 0.6 is 0 Å². The summed E-state index contributed by atoms with van der Waals surface area (Å²) in [4.78, 5) is 11.2. The zero-order valence-electron chi connectivity index (χ0n) is 13.8. The van der Waals surface area contributed by atoms with E-state index in [4.69, 9.17) is 9.94 Å². The standard InChI is InChI=1S/C18H21NO3.Na/c1-13(12-18(20)19-21)15-8-10-17(11-9-15)22-14(2)16-6-4-3-5-7-16;/h3-11,13-14,21H,12H2,1-2H3,(H,19,20);/q;+1. The van der Waals surface area contributed by atoms with E-state index < -0.39 is 0 Å². The summed E-state index contributed by atoms with van der Waals surface area (Å²) in [5.74, 6) is 0.442. The van der Waals surface area contributed by atoms with Gasteiger partial charge in [-0.2, -0.15) is 0 Å². The van der Waals surface area contributed by atoms with Crippen LogP contribution in [0.25, 0.3) is 0 Å². The number of hydrogen-bond acceptors (Lipinski definition) is 3. The largest absolute Gasteiger partial charge is 1.00 e. The molecule has 0 fully saturated rings. The molecule has 2 N–H and O–H groups in total. The average Bonchev–Trinajstić information content (AvgIpc) is 2.56. The Balaban J connectivity index is 0.00000264. The first-order valence-electron chi connectivity index (χ1n) is 7.34. The van der Waals surface area contributed by atoms with Crippen LogP contribution < -0.4 is 39.8 Å². The van der Waals surface area contributed by atoms with Gasteiger partial charge in [0.15, 0.2) is 0 Å². The average molecular weight is 322 g/mol. The van der Waals surface area contributed by atoms with Crippen molar-refractivity contribution < 1.29 is 44.3 Å². The van der Waals surface area contributed by atoms with E-state index in [0.29, 0.717) is 0 Å². The summed E-state index contributed by atoms with van der Waals surface area (Å²) in [6.45, 7) is 3.95. The van der Waals surface area contributed by atoms with Gasteiger partial charge in [-0.15, -0.1) is 0 Å². The Morgan fingerprint density at radius 1 is 1.04 bits per heavy atom. The van der Waals surface area contributed by atoms with Crippen molar-refractivity contribution >= 4 is 5.91 Å². The van der Waals surface area contributed by atoms with Gasteiger partial charge in [-0.1, -0.05) is 49.4 Å². The first-order valence-corrected chi connectivity index (χ1v) is 7.34. The molecule has 1 amide bonds. The molecule has 5 heteroatoms. The number of carbonyl (C=O) groups excluding carboxylic acids is 1. The van der Waals surface area contributed by atoms with E-state index in [-0.39, 0.29) is 53.9 Å². The topological polar surface area (TPSA) is 58.6 Å². The van der Waals surface area contributed by atoms with Crippen LogP contribution in [0.5, 0.6) is 5.75 Å². The molecule has 0 aliphatic carbocycles. The number of hydrogen-bond donors (Lipinski definition) is 2. The quantitative estimate of drug-likeness (QED) is 0.470. The molecule has 23 heavy (non-hydrogen) atoms. The number of carbonyl (C=O) groups is 1. The summed E-state index contributed by atoms with van der Waals surface area (Å²) < 4.78 is 5.92. The van der Waals surface area contributed by atoms with Crippen LogP contribution in [0, 0.1) is 0 Å². The molecule has 0 aliphatic heterocycles. The van der Waals surface area contributed by atoms with Crippen molar-refractivity contribution in [1.29, 1.82) is 0 Å². The van der Waals surface area contributed by atoms with Crippen LogP contribution in [-0.2, 0) is 4.79 Å². The van der Waals surface area contributed by atoms with Gasteiger partial charge >= 0.3 is 29.6 Å². The van der Waals surface area contributed by atoms with Gasteiger partial charge in [0.05, 0.1) is 0 Å². The van der Waals surface area contributed by atoms with Gasteiger partial charge in [0.25, 0.3) is 0 Å². The fourth-order valence-corrected chi connectivity index (χ4v) is 2.31. The predicted octanol–water partition coefficient (Wildman–Crippen LogP) is 0.830. The molecule has 0 radical (unpaired) electrons. The third kappa shape index (κ3) is 5.99. The van der Waals surface area contributed by atoms with Crippen LogP contribution in [0.2, 0.25) is 0 Å².